The Kier molecular flexibility index (Phi) is 12.0. The molecule has 0 unspecified atom stereocenters. The number of aromatic nitrogens is 2. The van der Waals surface area contributed by atoms with Crippen molar-refractivity contribution >= 4 is 57.9 Å². The van der Waals surface area contributed by atoms with Crippen LogP contribution in [-0.2, 0) is 34.1 Å². The van der Waals surface area contributed by atoms with E-state index in [0.29, 0.717) is 42.8 Å². The number of halogens is 1. The van der Waals surface area contributed by atoms with Gasteiger partial charge in [-0.15, -0.1) is 0 Å². The van der Waals surface area contributed by atoms with Gasteiger partial charge in [-0.2, -0.15) is 5.10 Å². The molecule has 10 nitrogen and oxygen atoms in total. The van der Waals surface area contributed by atoms with Crippen LogP contribution < -0.4 is 4.72 Å². The van der Waals surface area contributed by atoms with Crippen LogP contribution in [0.15, 0.2) is 72.8 Å². The molecule has 3 aromatic carbocycles. The van der Waals surface area contributed by atoms with Crippen molar-refractivity contribution in [2.75, 3.05) is 24.7 Å². The number of para-hydroxylation sites is 1. The molecule has 2 heterocycles. The van der Waals surface area contributed by atoms with E-state index < -0.39 is 21.9 Å². The third kappa shape index (κ3) is 8.12. The number of nitrogens with one attached hydrogen (secondary N) is 1. The first-order valence-electron chi connectivity index (χ1n) is 15.8. The molecule has 0 spiro atoms. The zero-order valence-electron chi connectivity index (χ0n) is 26.8. The standard InChI is InChI=1S/C35H37IN4O6S2/c1-3-5-15-30-31(32(35(43)46-4-2)37-40(30)27-13-7-6-8-14-27)28-17-16-25(33(41)38-48(44,45)21-20-47-36)22-29(28)34(42)39-19-18-24-11-9-10-12-26(24)23-39/h6-14,16-17,22H,3-5,15,18-21,23H2,1-2H3,(H,38,41). The number of amides is 2. The molecule has 48 heavy (non-hydrogen) atoms. The fraction of sp³-hybridized carbons (Fsp3) is 0.314. The van der Waals surface area contributed by atoms with Gasteiger partial charge >= 0.3 is 5.97 Å². The Labute approximate surface area is 297 Å². The average molecular weight is 801 g/mol. The molecular weight excluding hydrogens is 763 g/mol. The summed E-state index contributed by atoms with van der Waals surface area (Å²) in [7, 11) is -2.58. The number of hydrogen-bond donors (Lipinski definition) is 1. The number of unbranched alkanes of at least 4 members (excludes halogenated alkanes) is 1. The zero-order chi connectivity index (χ0) is 34.3. The van der Waals surface area contributed by atoms with Gasteiger partial charge in [-0.05, 0) is 88.3 Å². The Bertz CT molecular complexity index is 1910. The highest BCUT2D eigenvalue weighted by atomic mass is 127. The Balaban J connectivity index is 1.70. The second-order valence-corrected chi connectivity index (χ2v) is 15.6. The maximum atomic E-state index is 14.5. The first-order valence-corrected chi connectivity index (χ1v) is 21.0. The molecule has 0 saturated carbocycles. The summed E-state index contributed by atoms with van der Waals surface area (Å²) in [4.78, 5) is 43.1. The van der Waals surface area contributed by atoms with Crippen LogP contribution in [0.4, 0.5) is 0 Å². The van der Waals surface area contributed by atoms with Crippen LogP contribution in [0, 0.1) is 0 Å². The minimum atomic E-state index is -3.90. The van der Waals surface area contributed by atoms with E-state index in [1.165, 1.54) is 26.6 Å². The predicted octanol–water partition coefficient (Wildman–Crippen LogP) is 6.40. The number of hydrogen-bond acceptors (Lipinski definition) is 8. The van der Waals surface area contributed by atoms with E-state index in [9.17, 15) is 22.8 Å². The molecular formula is C35H37IN4O6S2. The summed E-state index contributed by atoms with van der Waals surface area (Å²) in [6.45, 7) is 4.73. The Hall–Kier alpha value is -3.69. The molecule has 1 aliphatic heterocycles. The van der Waals surface area contributed by atoms with Crippen LogP contribution >= 0.6 is 30.1 Å². The second kappa shape index (κ2) is 16.1. The highest BCUT2D eigenvalue weighted by Crippen LogP contribution is 2.36. The van der Waals surface area contributed by atoms with Crippen molar-refractivity contribution < 1.29 is 27.5 Å². The highest BCUT2D eigenvalue weighted by molar-refractivity contribution is 14.2. The first kappa shape index (κ1) is 35.6. The lowest BCUT2D eigenvalue weighted by Gasteiger charge is -2.29. The molecule has 13 heteroatoms. The zero-order valence-corrected chi connectivity index (χ0v) is 30.6. The minimum Gasteiger partial charge on any atom is -0.461 e. The topological polar surface area (TPSA) is 128 Å². The van der Waals surface area contributed by atoms with Gasteiger partial charge in [-0.1, -0.05) is 70.8 Å². The van der Waals surface area contributed by atoms with Gasteiger partial charge in [-0.3, -0.25) is 9.59 Å². The molecule has 0 radical (unpaired) electrons. The fourth-order valence-electron chi connectivity index (χ4n) is 5.75. The summed E-state index contributed by atoms with van der Waals surface area (Å²) >= 11 is 2.00. The van der Waals surface area contributed by atoms with Crippen LogP contribution in [0.25, 0.3) is 16.8 Å². The summed E-state index contributed by atoms with van der Waals surface area (Å²) in [6, 6.07) is 21.9. The number of ether oxygens (including phenoxy) is 1. The quantitative estimate of drug-likeness (QED) is 0.122. The smallest absolute Gasteiger partial charge is 0.359 e. The molecule has 0 bridgehead atoms. The number of nitrogens with zero attached hydrogens (tertiary/aromatic N) is 3. The van der Waals surface area contributed by atoms with Gasteiger partial charge < -0.3 is 9.64 Å². The largest absolute Gasteiger partial charge is 0.461 e. The van der Waals surface area contributed by atoms with Gasteiger partial charge in [0.1, 0.15) is 0 Å². The molecule has 252 valence electrons. The summed E-state index contributed by atoms with van der Waals surface area (Å²) in [6.07, 6.45) is 2.87. The normalized spacial score (nSPS) is 12.8. The van der Waals surface area contributed by atoms with E-state index in [4.69, 9.17) is 9.84 Å². The summed E-state index contributed by atoms with van der Waals surface area (Å²) in [5.41, 5.74) is 4.75. The SMILES string of the molecule is CCCCc1c(-c2ccc(C(=O)NS(=O)(=O)CCSI)cc2C(=O)N2CCc3ccccc3C2)c(C(=O)OCC)nn1-c1ccccc1. The number of carbonyl (C=O) groups is 3. The van der Waals surface area contributed by atoms with Crippen molar-refractivity contribution in [3.05, 3.63) is 106 Å². The first-order chi connectivity index (χ1) is 23.2. The number of benzene rings is 3. The van der Waals surface area contributed by atoms with E-state index >= 15 is 0 Å². The molecule has 0 aliphatic carbocycles. The van der Waals surface area contributed by atoms with Crippen molar-refractivity contribution in [1.82, 2.24) is 19.4 Å². The van der Waals surface area contributed by atoms with Crippen molar-refractivity contribution in [3.8, 4) is 16.8 Å². The summed E-state index contributed by atoms with van der Waals surface area (Å²) in [5, 5.41) is 4.76. The molecule has 5 rings (SSSR count). The third-order valence-electron chi connectivity index (χ3n) is 8.09. The molecule has 0 saturated heterocycles. The van der Waals surface area contributed by atoms with Crippen molar-refractivity contribution in [2.45, 2.75) is 46.1 Å². The van der Waals surface area contributed by atoms with E-state index in [0.717, 1.165) is 29.8 Å². The maximum absolute atomic E-state index is 14.5. The Morgan fingerprint density at radius 3 is 2.44 bits per heavy atom. The number of esters is 1. The number of sulfonamides is 1. The lowest BCUT2D eigenvalue weighted by atomic mass is 9.92. The van der Waals surface area contributed by atoms with Crippen molar-refractivity contribution in [2.24, 2.45) is 0 Å². The predicted molar refractivity (Wildman–Crippen MR) is 196 cm³/mol. The molecule has 1 aliphatic rings. The van der Waals surface area contributed by atoms with Gasteiger partial charge in [0.05, 0.1) is 23.7 Å². The number of carbonyl (C=O) groups excluding carboxylic acids is 3. The lowest BCUT2D eigenvalue weighted by Crippen LogP contribution is -2.37. The Morgan fingerprint density at radius 2 is 1.73 bits per heavy atom. The lowest BCUT2D eigenvalue weighted by molar-refractivity contribution is 0.0519. The van der Waals surface area contributed by atoms with E-state index in [2.05, 4.69) is 11.6 Å². The molecule has 1 aromatic heterocycles. The van der Waals surface area contributed by atoms with Crippen LogP contribution in [0.3, 0.4) is 0 Å². The van der Waals surface area contributed by atoms with E-state index in [-0.39, 0.29) is 35.1 Å². The molecule has 0 fully saturated rings. The van der Waals surface area contributed by atoms with E-state index in [1.807, 2.05) is 75.8 Å². The number of rotatable bonds is 13. The van der Waals surface area contributed by atoms with Gasteiger partial charge in [0.2, 0.25) is 10.0 Å². The van der Waals surface area contributed by atoms with Crippen LogP contribution in [0.1, 0.15) is 74.7 Å². The van der Waals surface area contributed by atoms with Crippen LogP contribution in [0.5, 0.6) is 0 Å². The second-order valence-electron chi connectivity index (χ2n) is 11.3. The maximum Gasteiger partial charge on any atom is 0.359 e. The highest BCUT2D eigenvalue weighted by Gasteiger charge is 2.31. The molecule has 2 amide bonds. The molecule has 4 aromatic rings. The summed E-state index contributed by atoms with van der Waals surface area (Å²) < 4.78 is 34.6. The van der Waals surface area contributed by atoms with Gasteiger partial charge in [0.15, 0.2) is 5.69 Å². The van der Waals surface area contributed by atoms with Gasteiger partial charge in [0.25, 0.3) is 11.8 Å². The van der Waals surface area contributed by atoms with Crippen molar-refractivity contribution in [3.63, 3.8) is 0 Å². The molecule has 0 atom stereocenters. The monoisotopic (exact) mass is 800 g/mol. The summed E-state index contributed by atoms with van der Waals surface area (Å²) in [5.74, 6) is -1.74. The van der Waals surface area contributed by atoms with Crippen molar-refractivity contribution in [1.29, 1.82) is 0 Å². The Morgan fingerprint density at radius 1 is 1.00 bits per heavy atom. The third-order valence-corrected chi connectivity index (χ3v) is 11.3. The van der Waals surface area contributed by atoms with Gasteiger partial charge in [0, 0.05) is 35.5 Å². The van der Waals surface area contributed by atoms with Crippen LogP contribution in [0.2, 0.25) is 0 Å². The van der Waals surface area contributed by atoms with Crippen LogP contribution in [-0.4, -0.2) is 65.5 Å². The van der Waals surface area contributed by atoms with Gasteiger partial charge in [-0.25, -0.2) is 22.6 Å². The molecule has 1 N–H and O–H groups in total. The fourth-order valence-corrected chi connectivity index (χ4v) is 9.00. The average Bonchev–Trinajstić information content (AvgIpc) is 3.48. The minimum absolute atomic E-state index is 0.00783. The number of fused-ring (bicyclic) bond motifs is 1. The van der Waals surface area contributed by atoms with E-state index in [1.54, 1.807) is 22.6 Å².